The van der Waals surface area contributed by atoms with Crippen molar-refractivity contribution in [3.05, 3.63) is 29.8 Å². The molecule has 1 aromatic rings. The molecule has 1 aliphatic rings. The second-order valence-corrected chi connectivity index (χ2v) is 4.68. The number of carbonyl (C=O) groups is 1. The van der Waals surface area contributed by atoms with Gasteiger partial charge in [-0.15, -0.1) is 0 Å². The summed E-state index contributed by atoms with van der Waals surface area (Å²) < 4.78 is 0. The largest absolute Gasteiger partial charge is 0.335 e. The van der Waals surface area contributed by atoms with Gasteiger partial charge in [0, 0.05) is 11.7 Å². The lowest BCUT2D eigenvalue weighted by Gasteiger charge is -2.23. The van der Waals surface area contributed by atoms with Gasteiger partial charge in [-0.25, -0.2) is 4.79 Å². The molecule has 1 aliphatic heterocycles. The summed E-state index contributed by atoms with van der Waals surface area (Å²) in [5.41, 5.74) is 2.09. The Balaban J connectivity index is 1.85. The highest BCUT2D eigenvalue weighted by molar-refractivity contribution is 5.89. The smallest absolute Gasteiger partial charge is 0.319 e. The van der Waals surface area contributed by atoms with Crippen molar-refractivity contribution >= 4 is 11.7 Å². The standard InChI is InChI=1S/C14H21N3O/c1-2-11-4-3-5-13(10-11)17-14(18)16-12-6-8-15-9-7-12/h3-5,10,12,15H,2,6-9H2,1H3,(H2,16,17,18). The third-order valence-corrected chi connectivity index (χ3v) is 3.27. The molecule has 0 spiro atoms. The zero-order chi connectivity index (χ0) is 12.8. The highest BCUT2D eigenvalue weighted by Crippen LogP contribution is 2.11. The Hall–Kier alpha value is -1.55. The highest BCUT2D eigenvalue weighted by Gasteiger charge is 2.15. The van der Waals surface area contributed by atoms with Gasteiger partial charge in [0.1, 0.15) is 0 Å². The Kier molecular flexibility index (Phi) is 4.59. The van der Waals surface area contributed by atoms with E-state index in [9.17, 15) is 4.79 Å². The SMILES string of the molecule is CCc1cccc(NC(=O)NC2CCNCC2)c1. The average Bonchev–Trinajstić information content (AvgIpc) is 2.40. The number of urea groups is 1. The van der Waals surface area contributed by atoms with Crippen LogP contribution in [0.5, 0.6) is 0 Å². The van der Waals surface area contributed by atoms with Crippen LogP contribution < -0.4 is 16.0 Å². The fraction of sp³-hybridized carbons (Fsp3) is 0.500. The van der Waals surface area contributed by atoms with E-state index in [4.69, 9.17) is 0 Å². The van der Waals surface area contributed by atoms with Gasteiger partial charge in [-0.3, -0.25) is 0 Å². The van der Waals surface area contributed by atoms with Crippen molar-refractivity contribution in [1.29, 1.82) is 0 Å². The maximum Gasteiger partial charge on any atom is 0.319 e. The van der Waals surface area contributed by atoms with Crippen LogP contribution >= 0.6 is 0 Å². The minimum absolute atomic E-state index is 0.102. The molecule has 98 valence electrons. The van der Waals surface area contributed by atoms with Crippen LogP contribution in [0.3, 0.4) is 0 Å². The zero-order valence-corrected chi connectivity index (χ0v) is 10.8. The maximum atomic E-state index is 11.8. The molecule has 4 nitrogen and oxygen atoms in total. The molecule has 0 aliphatic carbocycles. The van der Waals surface area contributed by atoms with Crippen molar-refractivity contribution in [1.82, 2.24) is 10.6 Å². The first-order chi connectivity index (χ1) is 8.78. The predicted molar refractivity (Wildman–Crippen MR) is 73.9 cm³/mol. The van der Waals surface area contributed by atoms with Crippen LogP contribution in [0.1, 0.15) is 25.3 Å². The van der Waals surface area contributed by atoms with Gasteiger partial charge in [-0.1, -0.05) is 19.1 Å². The van der Waals surface area contributed by atoms with E-state index in [0.29, 0.717) is 6.04 Å². The lowest BCUT2D eigenvalue weighted by molar-refractivity contribution is 0.245. The molecule has 3 N–H and O–H groups in total. The molecule has 0 saturated carbocycles. The molecule has 0 bridgehead atoms. The van der Waals surface area contributed by atoms with Crippen molar-refractivity contribution in [3.63, 3.8) is 0 Å². The zero-order valence-electron chi connectivity index (χ0n) is 10.8. The minimum Gasteiger partial charge on any atom is -0.335 e. The summed E-state index contributed by atoms with van der Waals surface area (Å²) in [6.07, 6.45) is 2.98. The molecule has 1 fully saturated rings. The summed E-state index contributed by atoms with van der Waals surface area (Å²) in [7, 11) is 0. The topological polar surface area (TPSA) is 53.2 Å². The number of carbonyl (C=O) groups excluding carboxylic acids is 1. The number of hydrogen-bond acceptors (Lipinski definition) is 2. The number of piperidine rings is 1. The molecule has 1 heterocycles. The number of amides is 2. The lowest BCUT2D eigenvalue weighted by Crippen LogP contribution is -2.44. The first-order valence-corrected chi connectivity index (χ1v) is 6.65. The summed E-state index contributed by atoms with van der Waals surface area (Å²) in [5, 5.41) is 9.19. The third kappa shape index (κ3) is 3.74. The summed E-state index contributed by atoms with van der Waals surface area (Å²) in [5.74, 6) is 0. The number of hydrogen-bond donors (Lipinski definition) is 3. The van der Waals surface area contributed by atoms with Crippen LogP contribution in [0, 0.1) is 0 Å². The van der Waals surface area contributed by atoms with Crippen LogP contribution in [0.2, 0.25) is 0 Å². The second kappa shape index (κ2) is 6.40. The molecule has 0 atom stereocenters. The number of anilines is 1. The summed E-state index contributed by atoms with van der Waals surface area (Å²) in [6.45, 7) is 4.07. The van der Waals surface area contributed by atoms with Crippen LogP contribution in [0.15, 0.2) is 24.3 Å². The Morgan fingerprint density at radius 3 is 2.89 bits per heavy atom. The molecule has 0 radical (unpaired) electrons. The normalized spacial score (nSPS) is 16.3. The molecular formula is C14H21N3O. The van der Waals surface area contributed by atoms with Crippen molar-refractivity contribution in [2.24, 2.45) is 0 Å². The van der Waals surface area contributed by atoms with E-state index in [-0.39, 0.29) is 6.03 Å². The third-order valence-electron chi connectivity index (χ3n) is 3.27. The van der Waals surface area contributed by atoms with Crippen LogP contribution in [0.4, 0.5) is 10.5 Å². The Morgan fingerprint density at radius 1 is 1.39 bits per heavy atom. The van der Waals surface area contributed by atoms with E-state index < -0.39 is 0 Å². The summed E-state index contributed by atoms with van der Waals surface area (Å²) >= 11 is 0. The van der Waals surface area contributed by atoms with E-state index in [1.54, 1.807) is 0 Å². The number of benzene rings is 1. The monoisotopic (exact) mass is 247 g/mol. The van der Waals surface area contributed by atoms with E-state index in [1.165, 1.54) is 5.56 Å². The molecule has 0 unspecified atom stereocenters. The van der Waals surface area contributed by atoms with Crippen LogP contribution in [-0.2, 0) is 6.42 Å². The van der Waals surface area contributed by atoms with Crippen molar-refractivity contribution in [2.45, 2.75) is 32.2 Å². The van der Waals surface area contributed by atoms with Gasteiger partial charge < -0.3 is 16.0 Å². The Morgan fingerprint density at radius 2 is 2.17 bits per heavy atom. The van der Waals surface area contributed by atoms with E-state index in [0.717, 1.165) is 38.0 Å². The Bertz CT molecular complexity index is 400. The molecule has 0 aromatic heterocycles. The van der Waals surface area contributed by atoms with Crippen molar-refractivity contribution in [3.8, 4) is 0 Å². The summed E-state index contributed by atoms with van der Waals surface area (Å²) in [4.78, 5) is 11.8. The maximum absolute atomic E-state index is 11.8. The predicted octanol–water partition coefficient (Wildman–Crippen LogP) is 2.12. The highest BCUT2D eigenvalue weighted by atomic mass is 16.2. The molecule has 4 heteroatoms. The fourth-order valence-corrected chi connectivity index (χ4v) is 2.19. The van der Waals surface area contributed by atoms with E-state index >= 15 is 0 Å². The molecule has 2 amide bonds. The fourth-order valence-electron chi connectivity index (χ4n) is 2.19. The van der Waals surface area contributed by atoms with E-state index in [2.05, 4.69) is 28.9 Å². The van der Waals surface area contributed by atoms with Gasteiger partial charge in [-0.05, 0) is 50.0 Å². The van der Waals surface area contributed by atoms with Gasteiger partial charge in [0.2, 0.25) is 0 Å². The Labute approximate surface area is 108 Å². The van der Waals surface area contributed by atoms with Crippen LogP contribution in [-0.4, -0.2) is 25.2 Å². The van der Waals surface area contributed by atoms with Gasteiger partial charge in [-0.2, -0.15) is 0 Å². The molecular weight excluding hydrogens is 226 g/mol. The van der Waals surface area contributed by atoms with Crippen molar-refractivity contribution in [2.75, 3.05) is 18.4 Å². The number of aryl methyl sites for hydroxylation is 1. The first-order valence-electron chi connectivity index (χ1n) is 6.65. The quantitative estimate of drug-likeness (QED) is 0.766. The molecule has 1 aromatic carbocycles. The lowest BCUT2D eigenvalue weighted by atomic mass is 10.1. The van der Waals surface area contributed by atoms with Gasteiger partial charge in [0.15, 0.2) is 0 Å². The average molecular weight is 247 g/mol. The van der Waals surface area contributed by atoms with E-state index in [1.807, 2.05) is 18.2 Å². The van der Waals surface area contributed by atoms with Crippen LogP contribution in [0.25, 0.3) is 0 Å². The second-order valence-electron chi connectivity index (χ2n) is 4.68. The number of nitrogens with one attached hydrogen (secondary N) is 3. The molecule has 18 heavy (non-hydrogen) atoms. The van der Waals surface area contributed by atoms with Crippen molar-refractivity contribution < 1.29 is 4.79 Å². The van der Waals surface area contributed by atoms with Gasteiger partial charge in [0.05, 0.1) is 0 Å². The molecule has 1 saturated heterocycles. The summed E-state index contributed by atoms with van der Waals surface area (Å²) in [6, 6.07) is 8.16. The number of rotatable bonds is 3. The first kappa shape index (κ1) is 12.9. The molecule has 2 rings (SSSR count). The van der Waals surface area contributed by atoms with Gasteiger partial charge in [0.25, 0.3) is 0 Å². The van der Waals surface area contributed by atoms with Gasteiger partial charge >= 0.3 is 6.03 Å². The minimum atomic E-state index is -0.102.